The quantitative estimate of drug-likeness (QED) is 0.774. The predicted molar refractivity (Wildman–Crippen MR) is 51.4 cm³/mol. The van der Waals surface area contributed by atoms with E-state index in [9.17, 15) is 4.79 Å². The van der Waals surface area contributed by atoms with E-state index in [2.05, 4.69) is 30.9 Å². The Labute approximate surface area is 88.9 Å². The van der Waals surface area contributed by atoms with Crippen molar-refractivity contribution < 1.29 is 4.79 Å². The van der Waals surface area contributed by atoms with Crippen molar-refractivity contribution in [3.63, 3.8) is 0 Å². The number of nitrogens with one attached hydrogen (secondary N) is 2. The molecule has 1 amide bonds. The highest BCUT2D eigenvalue weighted by atomic mass is 35.5. The molecule has 2 aromatic heterocycles. The van der Waals surface area contributed by atoms with E-state index in [0.717, 1.165) is 0 Å². The lowest BCUT2D eigenvalue weighted by atomic mass is 10.4. The van der Waals surface area contributed by atoms with Crippen molar-refractivity contribution in [2.75, 3.05) is 5.32 Å². The Balaban J connectivity index is 2.17. The number of tetrazole rings is 1. The summed E-state index contributed by atoms with van der Waals surface area (Å²) in [5, 5.41) is 15.4. The largest absolute Gasteiger partial charge is 0.316 e. The van der Waals surface area contributed by atoms with Crippen molar-refractivity contribution in [2.24, 2.45) is 0 Å². The van der Waals surface area contributed by atoms with Gasteiger partial charge in [-0.25, -0.2) is 0 Å². The summed E-state index contributed by atoms with van der Waals surface area (Å²) < 4.78 is 0. The van der Waals surface area contributed by atoms with Gasteiger partial charge in [0.25, 0.3) is 11.7 Å². The average Bonchev–Trinajstić information content (AvgIpc) is 2.74. The Kier molecular flexibility index (Phi) is 2.55. The zero-order valence-electron chi connectivity index (χ0n) is 7.31. The number of aromatic nitrogens is 5. The minimum absolute atomic E-state index is 0.0603. The summed E-state index contributed by atoms with van der Waals surface area (Å²) in [6, 6.07) is 1.56. The van der Waals surface area contributed by atoms with E-state index in [1.165, 1.54) is 12.4 Å². The summed E-state index contributed by atoms with van der Waals surface area (Å²) in [6.07, 6.45) is 2.95. The Bertz CT molecular complexity index is 470. The summed E-state index contributed by atoms with van der Waals surface area (Å²) in [4.78, 5) is 15.3. The molecule has 7 nitrogen and oxygen atoms in total. The molecular weight excluding hydrogens is 220 g/mol. The summed E-state index contributed by atoms with van der Waals surface area (Å²) in [5.74, 6) is -0.562. The van der Waals surface area contributed by atoms with Gasteiger partial charge in [-0.3, -0.25) is 9.78 Å². The van der Waals surface area contributed by atoms with Crippen LogP contribution < -0.4 is 5.32 Å². The molecule has 0 bridgehead atoms. The first-order chi connectivity index (χ1) is 7.27. The Morgan fingerprint density at radius 2 is 2.40 bits per heavy atom. The van der Waals surface area contributed by atoms with Gasteiger partial charge in [-0.2, -0.15) is 5.21 Å². The Morgan fingerprint density at radius 1 is 1.53 bits per heavy atom. The van der Waals surface area contributed by atoms with Crippen molar-refractivity contribution in [3.8, 4) is 0 Å². The number of hydrogen-bond acceptors (Lipinski definition) is 5. The van der Waals surface area contributed by atoms with E-state index in [-0.39, 0.29) is 5.82 Å². The molecule has 0 aliphatic heterocycles. The monoisotopic (exact) mass is 224 g/mol. The zero-order chi connectivity index (χ0) is 10.7. The van der Waals surface area contributed by atoms with Gasteiger partial charge in [0.15, 0.2) is 0 Å². The van der Waals surface area contributed by atoms with E-state index >= 15 is 0 Å². The van der Waals surface area contributed by atoms with Gasteiger partial charge >= 0.3 is 0 Å². The van der Waals surface area contributed by atoms with Crippen LogP contribution in [0.25, 0.3) is 0 Å². The van der Waals surface area contributed by atoms with E-state index < -0.39 is 5.91 Å². The van der Waals surface area contributed by atoms with Gasteiger partial charge in [0.2, 0.25) is 0 Å². The van der Waals surface area contributed by atoms with Crippen LogP contribution in [-0.2, 0) is 0 Å². The van der Waals surface area contributed by atoms with Gasteiger partial charge in [-0.15, -0.1) is 10.2 Å². The molecular formula is C7H5ClN6O. The SMILES string of the molecule is O=C(Nc1cnccc1Cl)c1nn[nH]n1. The topological polar surface area (TPSA) is 96.5 Å². The van der Waals surface area contributed by atoms with Crippen molar-refractivity contribution in [1.29, 1.82) is 0 Å². The fourth-order valence-corrected chi connectivity index (χ4v) is 1.06. The molecule has 0 aromatic carbocycles. The molecule has 8 heteroatoms. The molecule has 76 valence electrons. The first-order valence-corrected chi connectivity index (χ1v) is 4.29. The number of carbonyl (C=O) groups is 1. The lowest BCUT2D eigenvalue weighted by Crippen LogP contribution is -2.14. The van der Waals surface area contributed by atoms with Crippen LogP contribution in [0.3, 0.4) is 0 Å². The molecule has 0 unspecified atom stereocenters. The number of hydrogen-bond donors (Lipinski definition) is 2. The van der Waals surface area contributed by atoms with E-state index in [1.54, 1.807) is 6.07 Å². The number of halogens is 1. The van der Waals surface area contributed by atoms with E-state index in [4.69, 9.17) is 11.6 Å². The fraction of sp³-hybridized carbons (Fsp3) is 0. The predicted octanol–water partition coefficient (Wildman–Crippen LogP) is 0.500. The van der Waals surface area contributed by atoms with Crippen molar-refractivity contribution in [3.05, 3.63) is 29.3 Å². The maximum Gasteiger partial charge on any atom is 0.297 e. The van der Waals surface area contributed by atoms with Gasteiger partial charge in [-0.1, -0.05) is 11.6 Å². The van der Waals surface area contributed by atoms with Crippen LogP contribution in [0.5, 0.6) is 0 Å². The van der Waals surface area contributed by atoms with Gasteiger partial charge < -0.3 is 5.32 Å². The third-order valence-corrected chi connectivity index (χ3v) is 1.89. The van der Waals surface area contributed by atoms with Crippen LogP contribution in [-0.4, -0.2) is 31.5 Å². The maximum absolute atomic E-state index is 11.4. The second kappa shape index (κ2) is 4.01. The Morgan fingerprint density at radius 3 is 3.07 bits per heavy atom. The van der Waals surface area contributed by atoms with Gasteiger partial charge in [-0.05, 0) is 11.3 Å². The molecule has 0 spiro atoms. The summed E-state index contributed by atoms with van der Waals surface area (Å²) in [7, 11) is 0. The molecule has 0 saturated carbocycles. The minimum atomic E-state index is -0.501. The molecule has 0 atom stereocenters. The van der Waals surface area contributed by atoms with E-state index in [0.29, 0.717) is 10.7 Å². The molecule has 15 heavy (non-hydrogen) atoms. The number of nitrogens with zero attached hydrogens (tertiary/aromatic N) is 4. The molecule has 2 aromatic rings. The van der Waals surface area contributed by atoms with Crippen LogP contribution in [0, 0.1) is 0 Å². The second-order valence-electron chi connectivity index (χ2n) is 2.55. The van der Waals surface area contributed by atoms with Crippen LogP contribution in [0.1, 0.15) is 10.6 Å². The van der Waals surface area contributed by atoms with Crippen molar-refractivity contribution in [2.45, 2.75) is 0 Å². The zero-order valence-corrected chi connectivity index (χ0v) is 8.06. The standard InChI is InChI=1S/C7H5ClN6O/c8-4-1-2-9-3-5(4)10-7(15)6-11-13-14-12-6/h1-3H,(H,10,15)(H,11,12,13,14). The van der Waals surface area contributed by atoms with Crippen LogP contribution in [0.4, 0.5) is 5.69 Å². The van der Waals surface area contributed by atoms with Gasteiger partial charge in [0.05, 0.1) is 16.9 Å². The minimum Gasteiger partial charge on any atom is -0.316 e. The number of amides is 1. The number of carbonyl (C=O) groups excluding carboxylic acids is 1. The molecule has 0 aliphatic carbocycles. The fourth-order valence-electron chi connectivity index (χ4n) is 0.906. The Hall–Kier alpha value is -2.02. The third-order valence-electron chi connectivity index (χ3n) is 1.56. The molecule has 0 radical (unpaired) electrons. The average molecular weight is 225 g/mol. The summed E-state index contributed by atoms with van der Waals surface area (Å²) in [6.45, 7) is 0. The highest BCUT2D eigenvalue weighted by Gasteiger charge is 2.12. The van der Waals surface area contributed by atoms with E-state index in [1.807, 2.05) is 0 Å². The number of aromatic amines is 1. The summed E-state index contributed by atoms with van der Waals surface area (Å²) >= 11 is 5.81. The van der Waals surface area contributed by atoms with Crippen LogP contribution >= 0.6 is 11.6 Å². The lowest BCUT2D eigenvalue weighted by molar-refractivity contribution is 0.101. The number of anilines is 1. The molecule has 0 saturated heterocycles. The van der Waals surface area contributed by atoms with Crippen molar-refractivity contribution in [1.82, 2.24) is 25.6 Å². The number of rotatable bonds is 2. The number of pyridine rings is 1. The summed E-state index contributed by atoms with van der Waals surface area (Å²) in [5.41, 5.74) is 0.397. The molecule has 2 heterocycles. The molecule has 2 rings (SSSR count). The lowest BCUT2D eigenvalue weighted by Gasteiger charge is -2.02. The highest BCUT2D eigenvalue weighted by molar-refractivity contribution is 6.33. The van der Waals surface area contributed by atoms with Crippen LogP contribution in [0.15, 0.2) is 18.5 Å². The first-order valence-electron chi connectivity index (χ1n) is 3.91. The van der Waals surface area contributed by atoms with Gasteiger partial charge in [0.1, 0.15) is 0 Å². The third kappa shape index (κ3) is 2.08. The smallest absolute Gasteiger partial charge is 0.297 e. The second-order valence-corrected chi connectivity index (χ2v) is 2.95. The van der Waals surface area contributed by atoms with Gasteiger partial charge in [0, 0.05) is 6.20 Å². The first kappa shape index (κ1) is 9.53. The van der Waals surface area contributed by atoms with Crippen molar-refractivity contribution >= 4 is 23.2 Å². The molecule has 0 aliphatic rings. The normalized spacial score (nSPS) is 9.93. The molecule has 0 fully saturated rings. The molecule has 2 N–H and O–H groups in total. The number of H-pyrrole nitrogens is 1. The highest BCUT2D eigenvalue weighted by Crippen LogP contribution is 2.19. The van der Waals surface area contributed by atoms with Crippen LogP contribution in [0.2, 0.25) is 5.02 Å². The maximum atomic E-state index is 11.4.